The minimum absolute atomic E-state index is 0.0552. The standard InChI is InChI=1S/C16H17ClN2O/c1-16(2,3)13-8-14(17)19-15(18-13)11-9-20-12-7-5-4-6-10(11)12/h4-8,11H,9H2,1-3H3. The molecule has 1 unspecified atom stereocenters. The molecule has 0 saturated heterocycles. The van der Waals surface area contributed by atoms with E-state index in [4.69, 9.17) is 21.3 Å². The van der Waals surface area contributed by atoms with Crippen LogP contribution in [0.3, 0.4) is 0 Å². The van der Waals surface area contributed by atoms with Crippen LogP contribution in [-0.4, -0.2) is 16.6 Å². The smallest absolute Gasteiger partial charge is 0.141 e. The van der Waals surface area contributed by atoms with Gasteiger partial charge in [-0.2, -0.15) is 0 Å². The van der Waals surface area contributed by atoms with Gasteiger partial charge < -0.3 is 4.74 Å². The van der Waals surface area contributed by atoms with Crippen molar-refractivity contribution in [3.8, 4) is 5.75 Å². The van der Waals surface area contributed by atoms with Gasteiger partial charge in [0.1, 0.15) is 23.3 Å². The molecule has 0 radical (unpaired) electrons. The number of rotatable bonds is 1. The summed E-state index contributed by atoms with van der Waals surface area (Å²) in [4.78, 5) is 9.11. The normalized spacial score (nSPS) is 17.7. The topological polar surface area (TPSA) is 35.0 Å². The molecule has 0 fully saturated rings. The van der Waals surface area contributed by atoms with Gasteiger partial charge >= 0.3 is 0 Å². The van der Waals surface area contributed by atoms with Crippen molar-refractivity contribution in [1.82, 2.24) is 9.97 Å². The Morgan fingerprint density at radius 3 is 2.70 bits per heavy atom. The molecule has 0 amide bonds. The number of aromatic nitrogens is 2. The maximum Gasteiger partial charge on any atom is 0.141 e. The largest absolute Gasteiger partial charge is 0.492 e. The number of para-hydroxylation sites is 1. The highest BCUT2D eigenvalue weighted by Crippen LogP contribution is 2.37. The van der Waals surface area contributed by atoms with Crippen LogP contribution in [0, 0.1) is 0 Å². The highest BCUT2D eigenvalue weighted by molar-refractivity contribution is 6.29. The van der Waals surface area contributed by atoms with Gasteiger partial charge in [-0.25, -0.2) is 9.97 Å². The molecule has 2 heterocycles. The minimum Gasteiger partial charge on any atom is -0.492 e. The van der Waals surface area contributed by atoms with Gasteiger partial charge in [0.25, 0.3) is 0 Å². The number of fused-ring (bicyclic) bond motifs is 1. The molecule has 0 aliphatic carbocycles. The molecule has 0 spiro atoms. The molecule has 0 saturated carbocycles. The van der Waals surface area contributed by atoms with E-state index in [0.717, 1.165) is 22.8 Å². The first kappa shape index (κ1) is 13.4. The Kier molecular flexibility index (Phi) is 3.17. The molecule has 1 aliphatic heterocycles. The SMILES string of the molecule is CC(C)(C)c1cc(Cl)nc(C2COc3ccccc32)n1. The quantitative estimate of drug-likeness (QED) is 0.745. The van der Waals surface area contributed by atoms with E-state index in [1.54, 1.807) is 0 Å². The maximum atomic E-state index is 6.17. The van der Waals surface area contributed by atoms with Crippen LogP contribution in [-0.2, 0) is 5.41 Å². The predicted molar refractivity (Wildman–Crippen MR) is 79.5 cm³/mol. The predicted octanol–water partition coefficient (Wildman–Crippen LogP) is 3.95. The summed E-state index contributed by atoms with van der Waals surface area (Å²) in [5.41, 5.74) is 2.03. The number of hydrogen-bond acceptors (Lipinski definition) is 3. The molecule has 0 bridgehead atoms. The van der Waals surface area contributed by atoms with Gasteiger partial charge in [-0.1, -0.05) is 50.6 Å². The van der Waals surface area contributed by atoms with Crippen LogP contribution in [0.15, 0.2) is 30.3 Å². The van der Waals surface area contributed by atoms with E-state index in [2.05, 4.69) is 31.8 Å². The fourth-order valence-corrected chi connectivity index (χ4v) is 2.54. The first-order valence-corrected chi connectivity index (χ1v) is 7.09. The van der Waals surface area contributed by atoms with Crippen LogP contribution < -0.4 is 4.74 Å². The summed E-state index contributed by atoms with van der Waals surface area (Å²) in [6.07, 6.45) is 0. The third kappa shape index (κ3) is 2.38. The molecule has 1 aromatic heterocycles. The molecular weight excluding hydrogens is 272 g/mol. The van der Waals surface area contributed by atoms with E-state index in [9.17, 15) is 0 Å². The third-order valence-corrected chi connectivity index (χ3v) is 3.69. The number of hydrogen-bond donors (Lipinski definition) is 0. The first-order chi connectivity index (χ1) is 9.45. The van der Waals surface area contributed by atoms with Gasteiger partial charge in [-0.3, -0.25) is 0 Å². The Hall–Kier alpha value is -1.61. The van der Waals surface area contributed by atoms with Crippen molar-refractivity contribution in [3.63, 3.8) is 0 Å². The average Bonchev–Trinajstić information content (AvgIpc) is 2.80. The second-order valence-electron chi connectivity index (χ2n) is 6.09. The van der Waals surface area contributed by atoms with Crippen LogP contribution in [0.2, 0.25) is 5.15 Å². The lowest BCUT2D eigenvalue weighted by atomic mass is 9.91. The Balaban J connectivity index is 2.06. The molecule has 104 valence electrons. The van der Waals surface area contributed by atoms with Gasteiger partial charge in [-0.15, -0.1) is 0 Å². The Labute approximate surface area is 124 Å². The van der Waals surface area contributed by atoms with Crippen LogP contribution in [0.1, 0.15) is 43.8 Å². The molecule has 0 N–H and O–H groups in total. The molecule has 3 rings (SSSR count). The molecule has 2 aromatic rings. The van der Waals surface area contributed by atoms with E-state index >= 15 is 0 Å². The minimum atomic E-state index is -0.0552. The van der Waals surface area contributed by atoms with Crippen molar-refractivity contribution in [3.05, 3.63) is 52.6 Å². The molecule has 4 heteroatoms. The van der Waals surface area contributed by atoms with Crippen molar-refractivity contribution in [2.75, 3.05) is 6.61 Å². The zero-order valence-electron chi connectivity index (χ0n) is 11.9. The molecule has 3 nitrogen and oxygen atoms in total. The summed E-state index contributed by atoms with van der Waals surface area (Å²) in [6.45, 7) is 6.93. The number of halogens is 1. The van der Waals surface area contributed by atoms with Crippen LogP contribution >= 0.6 is 11.6 Å². The number of ether oxygens (including phenoxy) is 1. The second kappa shape index (κ2) is 4.74. The van der Waals surface area contributed by atoms with Gasteiger partial charge in [0.2, 0.25) is 0 Å². The summed E-state index contributed by atoms with van der Waals surface area (Å²) in [5.74, 6) is 1.72. The Morgan fingerprint density at radius 1 is 1.20 bits per heavy atom. The second-order valence-corrected chi connectivity index (χ2v) is 6.47. The summed E-state index contributed by atoms with van der Waals surface area (Å²) >= 11 is 6.17. The third-order valence-electron chi connectivity index (χ3n) is 3.49. The van der Waals surface area contributed by atoms with Crippen LogP contribution in [0.5, 0.6) is 5.75 Å². The number of nitrogens with zero attached hydrogens (tertiary/aromatic N) is 2. The Bertz CT molecular complexity index is 649. The van der Waals surface area contributed by atoms with Crippen molar-refractivity contribution in [2.45, 2.75) is 32.1 Å². The van der Waals surface area contributed by atoms with Gasteiger partial charge in [0, 0.05) is 11.0 Å². The first-order valence-electron chi connectivity index (χ1n) is 6.72. The van der Waals surface area contributed by atoms with Gasteiger partial charge in [0.05, 0.1) is 11.6 Å². The lowest BCUT2D eigenvalue weighted by molar-refractivity contribution is 0.339. The van der Waals surface area contributed by atoms with E-state index in [0.29, 0.717) is 11.8 Å². The van der Waals surface area contributed by atoms with E-state index < -0.39 is 0 Å². The highest BCUT2D eigenvalue weighted by Gasteiger charge is 2.29. The van der Waals surface area contributed by atoms with Crippen molar-refractivity contribution in [1.29, 1.82) is 0 Å². The monoisotopic (exact) mass is 288 g/mol. The zero-order chi connectivity index (χ0) is 14.3. The van der Waals surface area contributed by atoms with E-state index in [1.165, 1.54) is 0 Å². The molecule has 20 heavy (non-hydrogen) atoms. The lowest BCUT2D eigenvalue weighted by Gasteiger charge is -2.19. The fraction of sp³-hybridized carbons (Fsp3) is 0.375. The van der Waals surface area contributed by atoms with E-state index in [-0.39, 0.29) is 11.3 Å². The summed E-state index contributed by atoms with van der Waals surface area (Å²) in [6, 6.07) is 9.86. The van der Waals surface area contributed by atoms with Crippen molar-refractivity contribution >= 4 is 11.6 Å². The fourth-order valence-electron chi connectivity index (χ4n) is 2.35. The maximum absolute atomic E-state index is 6.17. The summed E-state index contributed by atoms with van der Waals surface area (Å²) < 4.78 is 5.71. The van der Waals surface area contributed by atoms with E-state index in [1.807, 2.05) is 24.3 Å². The highest BCUT2D eigenvalue weighted by atomic mass is 35.5. The van der Waals surface area contributed by atoms with Crippen molar-refractivity contribution in [2.24, 2.45) is 0 Å². The average molecular weight is 289 g/mol. The molecule has 1 atom stereocenters. The summed E-state index contributed by atoms with van der Waals surface area (Å²) in [5, 5.41) is 0.490. The van der Waals surface area contributed by atoms with Crippen molar-refractivity contribution < 1.29 is 4.74 Å². The summed E-state index contributed by atoms with van der Waals surface area (Å²) in [7, 11) is 0. The van der Waals surface area contributed by atoms with Gasteiger partial charge in [-0.05, 0) is 12.1 Å². The lowest BCUT2D eigenvalue weighted by Crippen LogP contribution is -2.17. The molecular formula is C16H17ClN2O. The molecule has 1 aliphatic rings. The van der Waals surface area contributed by atoms with Crippen LogP contribution in [0.4, 0.5) is 0 Å². The Morgan fingerprint density at radius 2 is 1.95 bits per heavy atom. The van der Waals surface area contributed by atoms with Crippen LogP contribution in [0.25, 0.3) is 0 Å². The van der Waals surface area contributed by atoms with Gasteiger partial charge in [0.15, 0.2) is 0 Å². The number of benzene rings is 1. The molecule has 1 aromatic carbocycles. The zero-order valence-corrected chi connectivity index (χ0v) is 12.6.